The Morgan fingerprint density at radius 3 is 2.36 bits per heavy atom. The summed E-state index contributed by atoms with van der Waals surface area (Å²) in [6.45, 7) is 4.21. The van der Waals surface area contributed by atoms with Crippen molar-refractivity contribution in [3.8, 4) is 0 Å². The van der Waals surface area contributed by atoms with E-state index >= 15 is 0 Å². The minimum absolute atomic E-state index is 0.889. The molecule has 0 aliphatic rings. The molecule has 2 heteroatoms. The molecule has 0 radical (unpaired) electrons. The Morgan fingerprint density at radius 1 is 1.27 bits per heavy atom. The Bertz CT molecular complexity index is 269. The lowest BCUT2D eigenvalue weighted by Crippen LogP contribution is -1.92. The number of hydrogen-bond acceptors (Lipinski definition) is 2. The molecule has 60 valence electrons. The van der Waals surface area contributed by atoms with Crippen molar-refractivity contribution in [2.24, 2.45) is 0 Å². The van der Waals surface area contributed by atoms with Crippen LogP contribution in [0.25, 0.3) is 0 Å². The second-order valence-corrected chi connectivity index (χ2v) is 3.45. The van der Waals surface area contributed by atoms with Gasteiger partial charge in [-0.2, -0.15) is 0 Å². The zero-order valence-corrected chi connectivity index (χ0v) is 7.96. The molecule has 0 fully saturated rings. The maximum Gasteiger partial charge on any atom is 0.0455 e. The molecule has 0 bridgehead atoms. The molecule has 0 saturated heterocycles. The summed E-state index contributed by atoms with van der Waals surface area (Å²) in [6.07, 6.45) is 2.05. The van der Waals surface area contributed by atoms with Gasteiger partial charge in [0.1, 0.15) is 0 Å². The monoisotopic (exact) mass is 167 g/mol. The van der Waals surface area contributed by atoms with Crippen molar-refractivity contribution in [2.75, 3.05) is 12.0 Å². The fraction of sp³-hybridized carbons (Fsp3) is 0.333. The number of rotatable bonds is 1. The summed E-state index contributed by atoms with van der Waals surface area (Å²) in [6, 6.07) is 4.03. The Labute approximate surface area is 72.0 Å². The van der Waals surface area contributed by atoms with Crippen LogP contribution in [0.15, 0.2) is 17.0 Å². The normalized spacial score (nSPS) is 10.1. The van der Waals surface area contributed by atoms with Crippen molar-refractivity contribution in [3.05, 3.63) is 23.3 Å². The van der Waals surface area contributed by atoms with Crippen LogP contribution in [-0.4, -0.2) is 6.26 Å². The highest BCUT2D eigenvalue weighted by atomic mass is 32.2. The molecule has 1 aromatic rings. The van der Waals surface area contributed by atoms with Crippen LogP contribution in [0.3, 0.4) is 0 Å². The van der Waals surface area contributed by atoms with Gasteiger partial charge in [-0.25, -0.2) is 0 Å². The Morgan fingerprint density at radius 2 is 1.91 bits per heavy atom. The van der Waals surface area contributed by atoms with E-state index in [2.05, 4.69) is 26.2 Å². The van der Waals surface area contributed by atoms with Gasteiger partial charge in [-0.1, -0.05) is 6.07 Å². The predicted molar refractivity (Wildman–Crippen MR) is 52.1 cm³/mol. The molecule has 1 aromatic carbocycles. The lowest BCUT2D eigenvalue weighted by molar-refractivity contribution is 1.24. The van der Waals surface area contributed by atoms with Crippen LogP contribution in [0.4, 0.5) is 5.69 Å². The molecule has 0 aliphatic heterocycles. The molecule has 0 heterocycles. The molecule has 0 saturated carbocycles. The number of aryl methyl sites for hydroxylation is 1. The largest absolute Gasteiger partial charge is 0.398 e. The van der Waals surface area contributed by atoms with Crippen LogP contribution in [0.2, 0.25) is 0 Å². The van der Waals surface area contributed by atoms with Crippen molar-refractivity contribution in [3.63, 3.8) is 0 Å². The number of nitrogens with two attached hydrogens (primary N) is 1. The fourth-order valence-electron chi connectivity index (χ4n) is 1.08. The van der Waals surface area contributed by atoms with E-state index in [1.807, 2.05) is 6.07 Å². The first-order valence-electron chi connectivity index (χ1n) is 3.56. The van der Waals surface area contributed by atoms with Gasteiger partial charge in [0.05, 0.1) is 0 Å². The van der Waals surface area contributed by atoms with Gasteiger partial charge in [-0.15, -0.1) is 11.8 Å². The van der Waals surface area contributed by atoms with Crippen molar-refractivity contribution in [1.29, 1.82) is 0 Å². The molecular formula is C9H13NS. The highest BCUT2D eigenvalue weighted by Gasteiger charge is 2.02. The highest BCUT2D eigenvalue weighted by molar-refractivity contribution is 7.98. The molecule has 11 heavy (non-hydrogen) atoms. The van der Waals surface area contributed by atoms with E-state index in [1.54, 1.807) is 11.8 Å². The molecule has 0 unspecified atom stereocenters. The van der Waals surface area contributed by atoms with Crippen LogP contribution >= 0.6 is 11.8 Å². The number of thioether (sulfide) groups is 1. The van der Waals surface area contributed by atoms with E-state index in [0.717, 1.165) is 5.69 Å². The Hall–Kier alpha value is -0.630. The molecule has 0 amide bonds. The standard InChI is InChI=1S/C9H13NS/c1-6-4-5-8(10)9(11-3)7(6)2/h4-5H,10H2,1-3H3. The molecular weight excluding hydrogens is 154 g/mol. The van der Waals surface area contributed by atoms with Gasteiger partial charge >= 0.3 is 0 Å². The summed E-state index contributed by atoms with van der Waals surface area (Å²) in [4.78, 5) is 1.21. The second kappa shape index (κ2) is 3.18. The lowest BCUT2D eigenvalue weighted by atomic mass is 10.1. The summed E-state index contributed by atoms with van der Waals surface area (Å²) in [5.74, 6) is 0. The van der Waals surface area contributed by atoms with Crippen molar-refractivity contribution in [2.45, 2.75) is 18.7 Å². The fourth-order valence-corrected chi connectivity index (χ4v) is 1.85. The molecule has 0 aliphatic carbocycles. The summed E-state index contributed by atoms with van der Waals surface area (Å²) in [5, 5.41) is 0. The first-order chi connectivity index (χ1) is 5.16. The highest BCUT2D eigenvalue weighted by Crippen LogP contribution is 2.28. The predicted octanol–water partition coefficient (Wildman–Crippen LogP) is 2.61. The average molecular weight is 167 g/mol. The number of hydrogen-bond donors (Lipinski definition) is 1. The van der Waals surface area contributed by atoms with Crippen LogP contribution in [0, 0.1) is 13.8 Å². The molecule has 0 atom stereocenters. The minimum Gasteiger partial charge on any atom is -0.398 e. The van der Waals surface area contributed by atoms with Gasteiger partial charge in [-0.05, 0) is 37.3 Å². The molecule has 0 aromatic heterocycles. The minimum atomic E-state index is 0.889. The van der Waals surface area contributed by atoms with E-state index in [0.29, 0.717) is 0 Å². The SMILES string of the molecule is CSc1c(N)ccc(C)c1C. The van der Waals surface area contributed by atoms with Gasteiger partial charge in [-0.3, -0.25) is 0 Å². The Balaban J connectivity index is 3.29. The molecule has 0 spiro atoms. The van der Waals surface area contributed by atoms with Crippen molar-refractivity contribution < 1.29 is 0 Å². The third-order valence-electron chi connectivity index (χ3n) is 1.91. The lowest BCUT2D eigenvalue weighted by Gasteiger charge is -2.08. The van der Waals surface area contributed by atoms with Crippen molar-refractivity contribution in [1.82, 2.24) is 0 Å². The molecule has 1 nitrogen and oxygen atoms in total. The van der Waals surface area contributed by atoms with Gasteiger partial charge in [0.2, 0.25) is 0 Å². The third-order valence-corrected chi connectivity index (χ3v) is 2.86. The van der Waals surface area contributed by atoms with Crippen LogP contribution in [0.1, 0.15) is 11.1 Å². The smallest absolute Gasteiger partial charge is 0.0455 e. The molecule has 1 rings (SSSR count). The summed E-state index contributed by atoms with van der Waals surface area (Å²) < 4.78 is 0. The van der Waals surface area contributed by atoms with Crippen molar-refractivity contribution >= 4 is 17.4 Å². The number of benzene rings is 1. The quantitative estimate of drug-likeness (QED) is 0.514. The summed E-state index contributed by atoms with van der Waals surface area (Å²) >= 11 is 1.71. The number of nitrogen functional groups attached to an aromatic ring is 1. The molecule has 2 N–H and O–H groups in total. The Kier molecular flexibility index (Phi) is 2.45. The maximum absolute atomic E-state index is 5.78. The average Bonchev–Trinajstić information content (AvgIpc) is 1.99. The van der Waals surface area contributed by atoms with Gasteiger partial charge in [0.25, 0.3) is 0 Å². The first kappa shape index (κ1) is 8.47. The van der Waals surface area contributed by atoms with E-state index in [1.165, 1.54) is 16.0 Å². The summed E-state index contributed by atoms with van der Waals surface area (Å²) in [5.41, 5.74) is 9.28. The zero-order valence-electron chi connectivity index (χ0n) is 7.14. The number of anilines is 1. The van der Waals surface area contributed by atoms with Gasteiger partial charge < -0.3 is 5.73 Å². The maximum atomic E-state index is 5.78. The van der Waals surface area contributed by atoms with E-state index in [4.69, 9.17) is 5.73 Å². The summed E-state index contributed by atoms with van der Waals surface area (Å²) in [7, 11) is 0. The van der Waals surface area contributed by atoms with E-state index in [9.17, 15) is 0 Å². The van der Waals surface area contributed by atoms with Crippen LogP contribution < -0.4 is 5.73 Å². The van der Waals surface area contributed by atoms with Gasteiger partial charge in [0, 0.05) is 10.6 Å². The van der Waals surface area contributed by atoms with E-state index < -0.39 is 0 Å². The van der Waals surface area contributed by atoms with Crippen LogP contribution in [-0.2, 0) is 0 Å². The van der Waals surface area contributed by atoms with E-state index in [-0.39, 0.29) is 0 Å². The second-order valence-electron chi connectivity index (χ2n) is 2.63. The zero-order chi connectivity index (χ0) is 8.43. The van der Waals surface area contributed by atoms with Gasteiger partial charge in [0.15, 0.2) is 0 Å². The first-order valence-corrected chi connectivity index (χ1v) is 4.79. The third kappa shape index (κ3) is 1.51. The topological polar surface area (TPSA) is 26.0 Å². The van der Waals surface area contributed by atoms with Crippen LogP contribution in [0.5, 0.6) is 0 Å².